The van der Waals surface area contributed by atoms with Crippen molar-refractivity contribution >= 4 is 52.1 Å². The maximum atomic E-state index is 12.8. The van der Waals surface area contributed by atoms with Crippen molar-refractivity contribution in [1.82, 2.24) is 24.5 Å². The zero-order valence-corrected chi connectivity index (χ0v) is 19.2. The second kappa shape index (κ2) is 8.78. The van der Waals surface area contributed by atoms with Crippen LogP contribution in [0.25, 0.3) is 10.5 Å². The number of likely N-dealkylation sites (N-methyl/N-ethyl adjacent to an activating group) is 1. The van der Waals surface area contributed by atoms with E-state index in [-0.39, 0.29) is 29.2 Å². The van der Waals surface area contributed by atoms with Gasteiger partial charge in [0, 0.05) is 19.1 Å². The number of anilines is 4. The fourth-order valence-corrected chi connectivity index (χ4v) is 4.13. The quantitative estimate of drug-likeness (QED) is 0.539. The molecule has 11 nitrogen and oxygen atoms in total. The first-order valence-corrected chi connectivity index (χ1v) is 11.2. The Bertz CT molecular complexity index is 1370. The Morgan fingerprint density at radius 2 is 2.15 bits per heavy atom. The summed E-state index contributed by atoms with van der Waals surface area (Å²) in [7, 11) is 1.90. The summed E-state index contributed by atoms with van der Waals surface area (Å²) in [5, 5.41) is 20.7. The molecule has 0 spiro atoms. The van der Waals surface area contributed by atoms with Gasteiger partial charge in [-0.25, -0.2) is 4.98 Å². The van der Waals surface area contributed by atoms with Gasteiger partial charge < -0.3 is 20.4 Å². The summed E-state index contributed by atoms with van der Waals surface area (Å²) < 4.78 is 1.42. The van der Waals surface area contributed by atoms with Gasteiger partial charge in [0.05, 0.1) is 40.8 Å². The van der Waals surface area contributed by atoms with E-state index in [9.17, 15) is 10.1 Å². The predicted molar refractivity (Wildman–Crippen MR) is 128 cm³/mol. The minimum atomic E-state index is -0.0864. The summed E-state index contributed by atoms with van der Waals surface area (Å²) in [6.45, 7) is 8.96. The lowest BCUT2D eigenvalue weighted by Gasteiger charge is -2.23. The molecule has 34 heavy (non-hydrogen) atoms. The van der Waals surface area contributed by atoms with Gasteiger partial charge in [-0.3, -0.25) is 9.69 Å². The van der Waals surface area contributed by atoms with Crippen LogP contribution in [-0.4, -0.2) is 63.1 Å². The number of nitriles is 1. The summed E-state index contributed by atoms with van der Waals surface area (Å²) in [6.07, 6.45) is 4.30. The largest absolute Gasteiger partial charge is 0.362 e. The first-order valence-electron chi connectivity index (χ1n) is 10.9. The van der Waals surface area contributed by atoms with E-state index in [0.29, 0.717) is 41.0 Å². The van der Waals surface area contributed by atoms with Crippen molar-refractivity contribution in [3.05, 3.63) is 40.3 Å². The Morgan fingerprint density at radius 1 is 1.32 bits per heavy atom. The molecule has 2 N–H and O–H groups in total. The van der Waals surface area contributed by atoms with Crippen LogP contribution in [0.4, 0.5) is 29.0 Å². The molecule has 0 unspecified atom stereocenters. The van der Waals surface area contributed by atoms with Crippen LogP contribution >= 0.6 is 11.6 Å². The molecule has 2 aliphatic rings. The average molecular weight is 477 g/mol. The van der Waals surface area contributed by atoms with E-state index in [1.807, 2.05) is 11.9 Å². The molecular formula is C22H21ClN10O. The number of amides is 1. The third-order valence-corrected chi connectivity index (χ3v) is 6.12. The van der Waals surface area contributed by atoms with Gasteiger partial charge >= 0.3 is 0 Å². The van der Waals surface area contributed by atoms with Crippen molar-refractivity contribution in [3.63, 3.8) is 0 Å². The molecule has 1 aliphatic carbocycles. The number of carbonyl (C=O) groups excluding carboxylic acids is 1. The number of imidazole rings is 1. The van der Waals surface area contributed by atoms with Gasteiger partial charge in [0.15, 0.2) is 5.82 Å². The van der Waals surface area contributed by atoms with Gasteiger partial charge in [-0.1, -0.05) is 23.3 Å². The van der Waals surface area contributed by atoms with Crippen molar-refractivity contribution in [2.75, 3.05) is 42.2 Å². The van der Waals surface area contributed by atoms with Crippen molar-refractivity contribution in [2.24, 2.45) is 0 Å². The molecule has 1 aliphatic heterocycles. The van der Waals surface area contributed by atoms with Crippen LogP contribution in [0, 0.1) is 17.9 Å². The van der Waals surface area contributed by atoms with Gasteiger partial charge in [-0.15, -0.1) is 4.52 Å². The van der Waals surface area contributed by atoms with Crippen molar-refractivity contribution in [1.29, 1.82) is 5.26 Å². The van der Waals surface area contributed by atoms with Gasteiger partial charge in [0.25, 0.3) is 17.4 Å². The lowest BCUT2D eigenvalue weighted by molar-refractivity contribution is -0.118. The first-order chi connectivity index (χ1) is 16.5. The number of aromatic nitrogens is 4. The zero-order chi connectivity index (χ0) is 23.8. The number of fused-ring (bicyclic) bond motifs is 1. The third-order valence-electron chi connectivity index (χ3n) is 5.72. The molecule has 5 rings (SSSR count). The van der Waals surface area contributed by atoms with E-state index < -0.39 is 0 Å². The summed E-state index contributed by atoms with van der Waals surface area (Å²) in [5.74, 6) is 0.851. The highest BCUT2D eigenvalue weighted by molar-refractivity contribution is 6.36. The van der Waals surface area contributed by atoms with Crippen LogP contribution in [-0.2, 0) is 4.79 Å². The molecule has 2 fully saturated rings. The molecule has 0 radical (unpaired) electrons. The monoisotopic (exact) mass is 476 g/mol. The fourth-order valence-electron chi connectivity index (χ4n) is 3.87. The summed E-state index contributed by atoms with van der Waals surface area (Å²) in [4.78, 5) is 28.7. The lowest BCUT2D eigenvalue weighted by Crippen LogP contribution is -2.35. The molecule has 3 heterocycles. The number of hydrogen-bond donors (Lipinski definition) is 2. The van der Waals surface area contributed by atoms with E-state index in [4.69, 9.17) is 18.2 Å². The van der Waals surface area contributed by atoms with E-state index in [1.165, 1.54) is 10.7 Å². The number of rotatable bonds is 5. The Morgan fingerprint density at radius 3 is 2.88 bits per heavy atom. The van der Waals surface area contributed by atoms with Crippen LogP contribution < -0.4 is 15.5 Å². The molecule has 172 valence electrons. The van der Waals surface area contributed by atoms with Gasteiger partial charge in [0.1, 0.15) is 0 Å². The van der Waals surface area contributed by atoms with E-state index >= 15 is 0 Å². The van der Waals surface area contributed by atoms with E-state index in [0.717, 1.165) is 25.8 Å². The number of hydrogen-bond acceptors (Lipinski definition) is 8. The third kappa shape index (κ3) is 4.19. The number of nitrogens with zero attached hydrogens (tertiary/aromatic N) is 8. The van der Waals surface area contributed by atoms with Crippen LogP contribution in [0.15, 0.2) is 18.3 Å². The molecule has 1 saturated heterocycles. The summed E-state index contributed by atoms with van der Waals surface area (Å²) in [6, 6.07) is 5.65. The molecule has 2 aromatic heterocycles. The first kappa shape index (κ1) is 21.9. The molecule has 12 heteroatoms. The number of halogens is 1. The van der Waals surface area contributed by atoms with Crippen molar-refractivity contribution in [3.8, 4) is 6.07 Å². The standard InChI is InChI=1S/C22H21ClN10O/c1-25-17-11-26-21-20(27-14-4-5-14)29-22(30-33(17)21)28-15-8-13(10-24)9-16(19(15)23)32-7-3-6-31(2)12-18(32)34/h8-9,11,14H,3-7,12H2,2H3,(H2,27,28,29,30). The SMILES string of the molecule is [C-]#[N+]c1cnc2c(NC3CC3)nc(Nc3cc(C#N)cc(N4CCCN(C)CC4=O)c3Cl)nn12. The Hall–Kier alpha value is -3.93. The number of nitrogens with one attached hydrogen (secondary N) is 2. The molecule has 0 bridgehead atoms. The smallest absolute Gasteiger partial charge is 0.275 e. The highest BCUT2D eigenvalue weighted by atomic mass is 35.5. The van der Waals surface area contributed by atoms with Crippen LogP contribution in [0.2, 0.25) is 5.02 Å². The maximum absolute atomic E-state index is 12.8. The Labute approximate surface area is 200 Å². The predicted octanol–water partition coefficient (Wildman–Crippen LogP) is 3.19. The van der Waals surface area contributed by atoms with E-state index in [1.54, 1.807) is 17.0 Å². The Kier molecular flexibility index (Phi) is 5.65. The van der Waals surface area contributed by atoms with Gasteiger partial charge in [0.2, 0.25) is 5.91 Å². The highest BCUT2D eigenvalue weighted by Crippen LogP contribution is 2.37. The summed E-state index contributed by atoms with van der Waals surface area (Å²) in [5.41, 5.74) is 1.65. The maximum Gasteiger partial charge on any atom is 0.275 e. The molecule has 0 atom stereocenters. The number of benzene rings is 1. The molecule has 1 saturated carbocycles. The fraction of sp³-hybridized carbons (Fsp3) is 0.364. The van der Waals surface area contributed by atoms with Crippen LogP contribution in [0.3, 0.4) is 0 Å². The van der Waals surface area contributed by atoms with Crippen molar-refractivity contribution < 1.29 is 4.79 Å². The minimum Gasteiger partial charge on any atom is -0.362 e. The van der Waals surface area contributed by atoms with Gasteiger partial charge in [-0.2, -0.15) is 10.2 Å². The molecule has 3 aromatic rings. The molecule has 1 aromatic carbocycles. The number of carbonyl (C=O) groups is 1. The van der Waals surface area contributed by atoms with Crippen LogP contribution in [0.5, 0.6) is 0 Å². The van der Waals surface area contributed by atoms with Gasteiger partial charge in [-0.05, 0) is 38.4 Å². The second-order valence-electron chi connectivity index (χ2n) is 8.40. The lowest BCUT2D eigenvalue weighted by atomic mass is 10.1. The highest BCUT2D eigenvalue weighted by Gasteiger charge is 2.27. The summed E-state index contributed by atoms with van der Waals surface area (Å²) >= 11 is 6.75. The molecule has 1 amide bonds. The van der Waals surface area contributed by atoms with E-state index in [2.05, 4.69) is 36.6 Å². The zero-order valence-electron chi connectivity index (χ0n) is 18.4. The van der Waals surface area contributed by atoms with Crippen molar-refractivity contribution in [2.45, 2.75) is 25.3 Å². The topological polar surface area (TPSA) is 119 Å². The normalized spacial score (nSPS) is 16.7. The molecular weight excluding hydrogens is 456 g/mol. The van der Waals surface area contributed by atoms with Crippen LogP contribution in [0.1, 0.15) is 24.8 Å². The minimum absolute atomic E-state index is 0.0864. The second-order valence-corrected chi connectivity index (χ2v) is 8.77. The average Bonchev–Trinajstić information content (AvgIpc) is 3.56. The Balaban J connectivity index is 1.56.